The van der Waals surface area contributed by atoms with Gasteiger partial charge in [-0.1, -0.05) is 60.7 Å². The zero-order chi connectivity index (χ0) is 23.1. The van der Waals surface area contributed by atoms with Crippen LogP contribution in [0.4, 0.5) is 0 Å². The monoisotopic (exact) mass is 440 g/mol. The normalized spacial score (nSPS) is 28.2. The number of hydrogen-bond acceptors (Lipinski definition) is 6. The number of nitrogens with two attached hydrogens (primary N) is 2. The van der Waals surface area contributed by atoms with Crippen molar-refractivity contribution in [3.63, 3.8) is 0 Å². The Morgan fingerprint density at radius 3 is 1.31 bits per heavy atom. The van der Waals surface area contributed by atoms with Gasteiger partial charge in [0.25, 0.3) is 0 Å². The van der Waals surface area contributed by atoms with Crippen molar-refractivity contribution in [1.82, 2.24) is 9.80 Å². The molecular formula is C26H40N4O2. The first kappa shape index (κ1) is 24.8. The summed E-state index contributed by atoms with van der Waals surface area (Å²) in [5.41, 5.74) is 14.4. The molecule has 2 heterocycles. The maximum Gasteiger partial charge on any atom is 0.0628 e. The van der Waals surface area contributed by atoms with Gasteiger partial charge in [0.1, 0.15) is 0 Å². The topological polar surface area (TPSA) is 99.0 Å². The van der Waals surface area contributed by atoms with E-state index in [1.165, 1.54) is 11.1 Å². The summed E-state index contributed by atoms with van der Waals surface area (Å²) in [6.07, 6.45) is 2.04. The lowest BCUT2D eigenvalue weighted by Crippen LogP contribution is -2.40. The molecule has 2 aliphatic rings. The second-order valence-corrected chi connectivity index (χ2v) is 9.08. The van der Waals surface area contributed by atoms with Crippen LogP contribution in [0.15, 0.2) is 60.7 Å². The Balaban J connectivity index is 0.000000181. The average molecular weight is 441 g/mol. The molecule has 0 bridgehead atoms. The second-order valence-electron chi connectivity index (χ2n) is 9.08. The molecule has 0 aromatic heterocycles. The fourth-order valence-corrected chi connectivity index (χ4v) is 5.01. The highest BCUT2D eigenvalue weighted by molar-refractivity contribution is 5.21. The van der Waals surface area contributed by atoms with E-state index in [1.807, 2.05) is 36.4 Å². The van der Waals surface area contributed by atoms with Gasteiger partial charge in [0.15, 0.2) is 0 Å². The third-order valence-electron chi connectivity index (χ3n) is 7.24. The third-order valence-corrected chi connectivity index (χ3v) is 7.24. The van der Waals surface area contributed by atoms with Crippen LogP contribution in [-0.2, 0) is 0 Å². The van der Waals surface area contributed by atoms with E-state index < -0.39 is 0 Å². The molecule has 2 unspecified atom stereocenters. The van der Waals surface area contributed by atoms with Crippen LogP contribution < -0.4 is 11.5 Å². The number of aliphatic hydroxyl groups excluding tert-OH is 2. The molecule has 2 fully saturated rings. The van der Waals surface area contributed by atoms with Crippen LogP contribution >= 0.6 is 0 Å². The summed E-state index contributed by atoms with van der Waals surface area (Å²) in [5.74, 6) is 0. The first-order chi connectivity index (χ1) is 15.5. The molecule has 0 aliphatic carbocycles. The summed E-state index contributed by atoms with van der Waals surface area (Å²) >= 11 is 0. The van der Waals surface area contributed by atoms with Crippen LogP contribution in [0.3, 0.4) is 0 Å². The van der Waals surface area contributed by atoms with Gasteiger partial charge in [-0.25, -0.2) is 0 Å². The van der Waals surface area contributed by atoms with Gasteiger partial charge in [-0.2, -0.15) is 0 Å². The lowest BCUT2D eigenvalue weighted by Gasteiger charge is -2.31. The Labute approximate surface area is 192 Å². The van der Waals surface area contributed by atoms with Crippen molar-refractivity contribution in [1.29, 1.82) is 0 Å². The molecule has 0 spiro atoms. The van der Waals surface area contributed by atoms with Gasteiger partial charge in [-0.05, 0) is 37.8 Å². The van der Waals surface area contributed by atoms with Crippen LogP contribution in [0.5, 0.6) is 0 Å². The van der Waals surface area contributed by atoms with E-state index in [-0.39, 0.29) is 37.4 Å². The number of likely N-dealkylation sites (tertiary alicyclic amines) is 2. The van der Waals surface area contributed by atoms with Crippen molar-refractivity contribution in [3.05, 3.63) is 71.8 Å². The molecule has 2 aromatic carbocycles. The van der Waals surface area contributed by atoms with E-state index in [1.54, 1.807) is 0 Å². The SMILES string of the molecule is CC1[C@H](N)CCN1[C@H](CO)c1ccccc1.CC1[C@H](N)CCN1[C@H](CO)c1ccccc1. The van der Waals surface area contributed by atoms with Crippen LogP contribution in [0, 0.1) is 0 Å². The van der Waals surface area contributed by atoms with Crippen LogP contribution in [0.25, 0.3) is 0 Å². The van der Waals surface area contributed by atoms with Crippen molar-refractivity contribution >= 4 is 0 Å². The van der Waals surface area contributed by atoms with Crippen molar-refractivity contribution in [3.8, 4) is 0 Å². The minimum atomic E-state index is 0.0877. The van der Waals surface area contributed by atoms with Crippen molar-refractivity contribution in [2.75, 3.05) is 26.3 Å². The zero-order valence-corrected chi connectivity index (χ0v) is 19.4. The van der Waals surface area contributed by atoms with E-state index >= 15 is 0 Å². The zero-order valence-electron chi connectivity index (χ0n) is 19.4. The maximum absolute atomic E-state index is 9.56. The number of aliphatic hydroxyl groups is 2. The molecule has 2 aliphatic heterocycles. The Bertz CT molecular complexity index is 723. The van der Waals surface area contributed by atoms with Crippen molar-refractivity contribution in [2.24, 2.45) is 11.5 Å². The van der Waals surface area contributed by atoms with Gasteiger partial charge in [-0.15, -0.1) is 0 Å². The van der Waals surface area contributed by atoms with Crippen molar-refractivity contribution < 1.29 is 10.2 Å². The average Bonchev–Trinajstić information content (AvgIpc) is 3.33. The van der Waals surface area contributed by atoms with Crippen LogP contribution in [0.2, 0.25) is 0 Å². The second kappa shape index (κ2) is 11.9. The van der Waals surface area contributed by atoms with Gasteiger partial charge in [0.2, 0.25) is 0 Å². The summed E-state index contributed by atoms with van der Waals surface area (Å²) in [4.78, 5) is 4.61. The molecule has 6 N–H and O–H groups in total. The van der Waals surface area contributed by atoms with Gasteiger partial charge >= 0.3 is 0 Å². The summed E-state index contributed by atoms with van der Waals surface area (Å²) < 4.78 is 0. The lowest BCUT2D eigenvalue weighted by molar-refractivity contribution is 0.115. The first-order valence-corrected chi connectivity index (χ1v) is 11.8. The highest BCUT2D eigenvalue weighted by atomic mass is 16.3. The Kier molecular flexibility index (Phi) is 9.22. The molecule has 6 atom stereocenters. The molecule has 2 saturated heterocycles. The molecule has 32 heavy (non-hydrogen) atoms. The number of benzene rings is 2. The summed E-state index contributed by atoms with van der Waals surface area (Å²) in [7, 11) is 0. The molecule has 6 nitrogen and oxygen atoms in total. The Morgan fingerprint density at radius 1 is 0.719 bits per heavy atom. The molecule has 2 aromatic rings. The highest BCUT2D eigenvalue weighted by Crippen LogP contribution is 2.29. The Hall–Kier alpha value is -1.80. The first-order valence-electron chi connectivity index (χ1n) is 11.8. The molecule has 176 valence electrons. The Morgan fingerprint density at radius 2 is 1.06 bits per heavy atom. The van der Waals surface area contributed by atoms with E-state index in [0.29, 0.717) is 12.1 Å². The largest absolute Gasteiger partial charge is 0.394 e. The molecular weight excluding hydrogens is 400 g/mol. The van der Waals surface area contributed by atoms with E-state index in [9.17, 15) is 10.2 Å². The number of hydrogen-bond donors (Lipinski definition) is 4. The molecule has 6 heteroatoms. The van der Waals surface area contributed by atoms with Gasteiger partial charge in [0.05, 0.1) is 25.3 Å². The smallest absolute Gasteiger partial charge is 0.0628 e. The fraction of sp³-hybridized carbons (Fsp3) is 0.538. The number of nitrogens with zero attached hydrogens (tertiary/aromatic N) is 2. The van der Waals surface area contributed by atoms with E-state index in [4.69, 9.17) is 11.5 Å². The van der Waals surface area contributed by atoms with E-state index in [0.717, 1.165) is 25.9 Å². The van der Waals surface area contributed by atoms with Crippen LogP contribution in [0.1, 0.15) is 49.9 Å². The lowest BCUT2D eigenvalue weighted by atomic mass is 10.0. The third kappa shape index (κ3) is 5.76. The van der Waals surface area contributed by atoms with Gasteiger partial charge < -0.3 is 21.7 Å². The minimum Gasteiger partial charge on any atom is -0.394 e. The van der Waals surface area contributed by atoms with E-state index in [2.05, 4.69) is 47.9 Å². The molecule has 0 amide bonds. The highest BCUT2D eigenvalue weighted by Gasteiger charge is 2.34. The van der Waals surface area contributed by atoms with Gasteiger partial charge in [-0.3, -0.25) is 9.80 Å². The predicted octanol–water partition coefficient (Wildman–Crippen LogP) is 2.28. The summed E-state index contributed by atoms with van der Waals surface area (Å²) in [6.45, 7) is 6.54. The predicted molar refractivity (Wildman–Crippen MR) is 130 cm³/mol. The molecule has 0 saturated carbocycles. The summed E-state index contributed by atoms with van der Waals surface area (Å²) in [6, 6.07) is 21.6. The summed E-state index contributed by atoms with van der Waals surface area (Å²) in [5, 5.41) is 19.1. The quantitative estimate of drug-likeness (QED) is 0.550. The molecule has 4 rings (SSSR count). The van der Waals surface area contributed by atoms with Crippen LogP contribution in [-0.4, -0.2) is 70.5 Å². The van der Waals surface area contributed by atoms with Gasteiger partial charge in [0, 0.05) is 37.3 Å². The van der Waals surface area contributed by atoms with Crippen molar-refractivity contribution in [2.45, 2.75) is 62.9 Å². The molecule has 0 radical (unpaired) electrons. The minimum absolute atomic E-state index is 0.0877. The number of rotatable bonds is 6. The maximum atomic E-state index is 9.56. The fourth-order valence-electron chi connectivity index (χ4n) is 5.01. The standard InChI is InChI=1S/2C13H20N2O/c2*1-10-12(14)7-8-15(10)13(9-16)11-5-3-2-4-6-11/h2*2-6,10,12-13,16H,7-9,14H2,1H3/t2*10?,12-,13-/m11/s1.